The Bertz CT molecular complexity index is 1150. The first-order chi connectivity index (χ1) is 35.0. The van der Waals surface area contributed by atoms with Crippen molar-refractivity contribution >= 4 is 11.9 Å². The number of amides is 1. The van der Waals surface area contributed by atoms with Crippen LogP contribution in [0.25, 0.3) is 0 Å². The van der Waals surface area contributed by atoms with Gasteiger partial charge in [0.05, 0.1) is 25.4 Å². The van der Waals surface area contributed by atoms with Gasteiger partial charge in [0, 0.05) is 12.8 Å². The monoisotopic (exact) mass is 998 g/mol. The largest absolute Gasteiger partial charge is 0.466 e. The molecule has 0 aromatic heterocycles. The Kier molecular flexibility index (Phi) is 59.0. The first-order valence-corrected chi connectivity index (χ1v) is 31.8. The molecule has 1 amide bonds. The third-order valence-electron chi connectivity index (χ3n) is 14.6. The quantitative estimate of drug-likeness (QED) is 0.0321. The summed E-state index contributed by atoms with van der Waals surface area (Å²) in [6.07, 6.45) is 76.1. The number of aliphatic hydroxyl groups excluding tert-OH is 2. The van der Waals surface area contributed by atoms with E-state index in [1.54, 1.807) is 6.08 Å². The molecule has 0 aliphatic rings. The van der Waals surface area contributed by atoms with Gasteiger partial charge in [0.2, 0.25) is 5.91 Å². The molecule has 6 nitrogen and oxygen atoms in total. The van der Waals surface area contributed by atoms with Crippen LogP contribution in [0.4, 0.5) is 0 Å². The molecule has 2 unspecified atom stereocenters. The Morgan fingerprint density at radius 3 is 1.00 bits per heavy atom. The van der Waals surface area contributed by atoms with E-state index in [1.807, 2.05) is 6.08 Å². The van der Waals surface area contributed by atoms with E-state index in [9.17, 15) is 19.8 Å². The third-order valence-corrected chi connectivity index (χ3v) is 14.6. The van der Waals surface area contributed by atoms with E-state index in [0.29, 0.717) is 19.4 Å². The minimum absolute atomic E-state index is 0.000819. The molecule has 0 saturated carbocycles. The van der Waals surface area contributed by atoms with Crippen molar-refractivity contribution in [3.8, 4) is 0 Å². The van der Waals surface area contributed by atoms with Crippen molar-refractivity contribution in [1.82, 2.24) is 5.32 Å². The van der Waals surface area contributed by atoms with Crippen molar-refractivity contribution < 1.29 is 24.5 Å². The molecule has 6 heteroatoms. The van der Waals surface area contributed by atoms with Crippen LogP contribution in [-0.4, -0.2) is 47.4 Å². The zero-order valence-electron chi connectivity index (χ0n) is 47.7. The number of hydrogen-bond acceptors (Lipinski definition) is 5. The molecule has 2 atom stereocenters. The highest BCUT2D eigenvalue weighted by Crippen LogP contribution is 2.17. The Balaban J connectivity index is 3.46. The number of ether oxygens (including phenoxy) is 1. The van der Waals surface area contributed by atoms with Crippen molar-refractivity contribution in [2.75, 3.05) is 13.2 Å². The molecule has 0 saturated heterocycles. The lowest BCUT2D eigenvalue weighted by atomic mass is 10.0. The van der Waals surface area contributed by atoms with Crippen LogP contribution in [0.5, 0.6) is 0 Å². The molecule has 0 aromatic rings. The van der Waals surface area contributed by atoms with Crippen molar-refractivity contribution in [3.63, 3.8) is 0 Å². The number of allylic oxidation sites excluding steroid dienone is 5. The van der Waals surface area contributed by atoms with Crippen LogP contribution in [0, 0.1) is 0 Å². The van der Waals surface area contributed by atoms with E-state index >= 15 is 0 Å². The molecule has 0 radical (unpaired) electrons. The average molecular weight is 999 g/mol. The fraction of sp³-hybridized carbons (Fsp3) is 0.877. The number of unbranched alkanes of at least 4 members (excludes halogenated alkanes) is 44. The molecule has 0 rings (SSSR count). The minimum Gasteiger partial charge on any atom is -0.466 e. The summed E-state index contributed by atoms with van der Waals surface area (Å²) in [5.74, 6) is -0.0745. The highest BCUT2D eigenvalue weighted by atomic mass is 16.5. The van der Waals surface area contributed by atoms with Crippen LogP contribution in [-0.2, 0) is 14.3 Å². The summed E-state index contributed by atoms with van der Waals surface area (Å²) in [6, 6.07) is -0.634. The predicted molar refractivity (Wildman–Crippen MR) is 310 cm³/mol. The lowest BCUT2D eigenvalue weighted by Gasteiger charge is -2.20. The zero-order chi connectivity index (χ0) is 51.4. The number of aliphatic hydroxyl groups is 2. The summed E-state index contributed by atoms with van der Waals surface area (Å²) in [7, 11) is 0. The van der Waals surface area contributed by atoms with Gasteiger partial charge >= 0.3 is 5.97 Å². The SMILES string of the molecule is CCCCCCC/C=C\CCCCCCCC(=O)OCCCCCCCCCCCC/C=C\CCCCCCCCCC(=O)NC(CO)C(O)/C=C/CCCCCCCCCCCCCCCCCCC. The Morgan fingerprint density at radius 2 is 0.662 bits per heavy atom. The van der Waals surface area contributed by atoms with Crippen LogP contribution in [0.3, 0.4) is 0 Å². The summed E-state index contributed by atoms with van der Waals surface area (Å²) in [4.78, 5) is 24.5. The van der Waals surface area contributed by atoms with Crippen LogP contribution in [0.2, 0.25) is 0 Å². The zero-order valence-corrected chi connectivity index (χ0v) is 47.7. The lowest BCUT2D eigenvalue weighted by Crippen LogP contribution is -2.45. The smallest absolute Gasteiger partial charge is 0.305 e. The van der Waals surface area contributed by atoms with E-state index in [4.69, 9.17) is 4.74 Å². The third kappa shape index (κ3) is 57.2. The second-order valence-electron chi connectivity index (χ2n) is 21.7. The molecule has 0 bridgehead atoms. The van der Waals surface area contributed by atoms with Gasteiger partial charge in [0.1, 0.15) is 0 Å². The molecule has 0 fully saturated rings. The predicted octanol–water partition coefficient (Wildman–Crippen LogP) is 20.0. The first-order valence-electron chi connectivity index (χ1n) is 31.8. The minimum atomic E-state index is -0.850. The Labute approximate surface area is 443 Å². The van der Waals surface area contributed by atoms with E-state index in [-0.39, 0.29) is 18.5 Å². The van der Waals surface area contributed by atoms with E-state index in [1.165, 1.54) is 263 Å². The fourth-order valence-electron chi connectivity index (χ4n) is 9.74. The van der Waals surface area contributed by atoms with Crippen molar-refractivity contribution in [3.05, 3.63) is 36.5 Å². The fourth-order valence-corrected chi connectivity index (χ4v) is 9.74. The van der Waals surface area contributed by atoms with E-state index in [2.05, 4.69) is 43.5 Å². The maximum atomic E-state index is 12.5. The lowest BCUT2D eigenvalue weighted by molar-refractivity contribution is -0.143. The van der Waals surface area contributed by atoms with E-state index < -0.39 is 12.1 Å². The number of carbonyl (C=O) groups excluding carboxylic acids is 2. The van der Waals surface area contributed by atoms with Gasteiger partial charge in [-0.3, -0.25) is 9.59 Å². The van der Waals surface area contributed by atoms with Crippen molar-refractivity contribution in [2.45, 2.75) is 353 Å². The molecule has 0 aliphatic heterocycles. The molecule has 3 N–H and O–H groups in total. The summed E-state index contributed by atoms with van der Waals surface area (Å²) in [6.45, 7) is 4.90. The maximum absolute atomic E-state index is 12.5. The van der Waals surface area contributed by atoms with Gasteiger partial charge in [-0.2, -0.15) is 0 Å². The van der Waals surface area contributed by atoms with Gasteiger partial charge in [-0.15, -0.1) is 0 Å². The van der Waals surface area contributed by atoms with Gasteiger partial charge < -0.3 is 20.3 Å². The molecule has 418 valence electrons. The highest BCUT2D eigenvalue weighted by molar-refractivity contribution is 5.76. The number of carbonyl (C=O) groups is 2. The molecule has 0 heterocycles. The number of hydrogen-bond donors (Lipinski definition) is 3. The van der Waals surface area contributed by atoms with Crippen LogP contribution in [0.15, 0.2) is 36.5 Å². The second kappa shape index (κ2) is 60.6. The van der Waals surface area contributed by atoms with Crippen LogP contribution in [0.1, 0.15) is 341 Å². The van der Waals surface area contributed by atoms with Crippen LogP contribution >= 0.6 is 0 Å². The Hall–Kier alpha value is -1.92. The van der Waals surface area contributed by atoms with Crippen molar-refractivity contribution in [1.29, 1.82) is 0 Å². The van der Waals surface area contributed by atoms with Crippen molar-refractivity contribution in [2.24, 2.45) is 0 Å². The second-order valence-corrected chi connectivity index (χ2v) is 21.7. The molecule has 71 heavy (non-hydrogen) atoms. The van der Waals surface area contributed by atoms with Crippen LogP contribution < -0.4 is 5.32 Å². The van der Waals surface area contributed by atoms with Gasteiger partial charge in [-0.05, 0) is 83.5 Å². The molecule has 0 aromatic carbocycles. The standard InChI is InChI=1S/C65H123NO5/c1-3-5-7-9-11-13-15-17-19-20-24-27-30-33-37-41-45-49-53-57-63(68)62(61-67)66-64(69)58-54-50-46-42-38-34-31-28-25-22-21-23-26-29-32-36-40-44-48-52-56-60-71-65(70)59-55-51-47-43-39-35-18-16-14-12-10-8-6-4-2/h16,18,22,25,53,57,62-63,67-68H,3-15,17,19-21,23-24,26-52,54-56,58-61H2,1-2H3,(H,66,69)/b18-16-,25-22-,57-53+. The molecular formula is C65H123NO5. The number of rotatable bonds is 59. The normalized spacial score (nSPS) is 12.8. The highest BCUT2D eigenvalue weighted by Gasteiger charge is 2.18. The molecular weight excluding hydrogens is 875 g/mol. The number of esters is 1. The topological polar surface area (TPSA) is 95.9 Å². The summed E-state index contributed by atoms with van der Waals surface area (Å²) >= 11 is 0. The first kappa shape index (κ1) is 69.1. The van der Waals surface area contributed by atoms with Gasteiger partial charge in [0.25, 0.3) is 0 Å². The Morgan fingerprint density at radius 1 is 0.380 bits per heavy atom. The van der Waals surface area contributed by atoms with Gasteiger partial charge in [0.15, 0.2) is 0 Å². The average Bonchev–Trinajstić information content (AvgIpc) is 3.37. The molecule has 0 aliphatic carbocycles. The molecule has 0 spiro atoms. The summed E-state index contributed by atoms with van der Waals surface area (Å²) < 4.78 is 5.47. The summed E-state index contributed by atoms with van der Waals surface area (Å²) in [5.41, 5.74) is 0. The number of nitrogens with one attached hydrogen (secondary N) is 1. The van der Waals surface area contributed by atoms with E-state index in [0.717, 1.165) is 51.4 Å². The maximum Gasteiger partial charge on any atom is 0.305 e. The summed E-state index contributed by atoms with van der Waals surface area (Å²) in [5, 5.41) is 23.2. The van der Waals surface area contributed by atoms with Gasteiger partial charge in [-0.25, -0.2) is 0 Å². The van der Waals surface area contributed by atoms with Gasteiger partial charge in [-0.1, -0.05) is 281 Å².